The Bertz CT molecular complexity index is 657. The van der Waals surface area contributed by atoms with Crippen molar-refractivity contribution in [3.8, 4) is 0 Å². The van der Waals surface area contributed by atoms with Gasteiger partial charge in [-0.15, -0.1) is 0 Å². The molecule has 1 aromatic carbocycles. The van der Waals surface area contributed by atoms with E-state index in [9.17, 15) is 4.79 Å². The second-order valence-corrected chi connectivity index (χ2v) is 7.51. The third-order valence-corrected chi connectivity index (χ3v) is 6.18. The largest absolute Gasteiger partial charge is 0.294 e. The van der Waals surface area contributed by atoms with Crippen LogP contribution in [0.15, 0.2) is 36.5 Å². The molecule has 2 aromatic rings. The first-order chi connectivity index (χ1) is 9.79. The van der Waals surface area contributed by atoms with Crippen molar-refractivity contribution in [2.45, 2.75) is 36.2 Å². The van der Waals surface area contributed by atoms with E-state index in [-0.39, 0.29) is 5.92 Å². The van der Waals surface area contributed by atoms with E-state index >= 15 is 0 Å². The smallest absolute Gasteiger partial charge is 0.166 e. The molecular weight excluding hydrogens is 266 g/mol. The molecule has 1 aromatic heterocycles. The highest BCUT2D eigenvalue weighted by atomic mass is 32.2. The summed E-state index contributed by atoms with van der Waals surface area (Å²) in [6.45, 7) is 0. The Labute approximate surface area is 123 Å². The van der Waals surface area contributed by atoms with Crippen LogP contribution in [0.3, 0.4) is 0 Å². The number of ketones is 1. The van der Waals surface area contributed by atoms with Crippen LogP contribution in [0.1, 0.15) is 36.0 Å². The zero-order valence-electron chi connectivity index (χ0n) is 11.3. The normalized spacial score (nSPS) is 28.7. The first kappa shape index (κ1) is 12.4. The summed E-state index contributed by atoms with van der Waals surface area (Å²) in [5.74, 6) is 0.560. The Morgan fingerprint density at radius 3 is 2.75 bits per heavy atom. The van der Waals surface area contributed by atoms with Crippen LogP contribution in [-0.2, 0) is 0 Å². The molecule has 2 fully saturated rings. The first-order valence-electron chi connectivity index (χ1n) is 7.34. The SMILES string of the molecule is O=C(c1ccc2cccnc2c1)C1CC2CCC(C1)S2. The van der Waals surface area contributed by atoms with E-state index in [1.165, 1.54) is 12.8 Å². The topological polar surface area (TPSA) is 30.0 Å². The van der Waals surface area contributed by atoms with Crippen LogP contribution < -0.4 is 0 Å². The maximum atomic E-state index is 12.7. The van der Waals surface area contributed by atoms with Crippen molar-refractivity contribution >= 4 is 28.4 Å². The lowest BCUT2D eigenvalue weighted by molar-refractivity contribution is 0.0907. The van der Waals surface area contributed by atoms with Gasteiger partial charge in [-0.25, -0.2) is 0 Å². The Morgan fingerprint density at radius 2 is 1.95 bits per heavy atom. The van der Waals surface area contributed by atoms with E-state index in [1.54, 1.807) is 6.20 Å². The number of benzene rings is 1. The number of nitrogens with zero attached hydrogens (tertiary/aromatic N) is 1. The number of hydrogen-bond acceptors (Lipinski definition) is 3. The molecule has 2 saturated heterocycles. The zero-order chi connectivity index (χ0) is 13.5. The summed E-state index contributed by atoms with van der Waals surface area (Å²) in [7, 11) is 0. The highest BCUT2D eigenvalue weighted by Gasteiger charge is 2.37. The van der Waals surface area contributed by atoms with Crippen molar-refractivity contribution in [1.29, 1.82) is 0 Å². The minimum atomic E-state index is 0.231. The van der Waals surface area contributed by atoms with Crippen molar-refractivity contribution in [3.05, 3.63) is 42.1 Å². The van der Waals surface area contributed by atoms with E-state index in [4.69, 9.17) is 0 Å². The fraction of sp³-hybridized carbons (Fsp3) is 0.412. The van der Waals surface area contributed by atoms with Gasteiger partial charge in [0.25, 0.3) is 0 Å². The average Bonchev–Trinajstić information content (AvgIpc) is 2.84. The number of fused-ring (bicyclic) bond motifs is 3. The van der Waals surface area contributed by atoms with Gasteiger partial charge in [0.05, 0.1) is 5.52 Å². The summed E-state index contributed by atoms with van der Waals surface area (Å²) in [5, 5.41) is 2.55. The molecule has 20 heavy (non-hydrogen) atoms. The van der Waals surface area contributed by atoms with Crippen LogP contribution in [0, 0.1) is 5.92 Å². The number of thioether (sulfide) groups is 1. The first-order valence-corrected chi connectivity index (χ1v) is 8.28. The van der Waals surface area contributed by atoms with Crippen LogP contribution in [0.4, 0.5) is 0 Å². The Hall–Kier alpha value is -1.35. The second-order valence-electron chi connectivity index (χ2n) is 5.90. The highest BCUT2D eigenvalue weighted by Crippen LogP contribution is 2.46. The van der Waals surface area contributed by atoms with Gasteiger partial charge in [-0.2, -0.15) is 11.8 Å². The van der Waals surface area contributed by atoms with Crippen molar-refractivity contribution in [1.82, 2.24) is 4.98 Å². The summed E-state index contributed by atoms with van der Waals surface area (Å²) in [5.41, 5.74) is 1.76. The predicted molar refractivity (Wildman–Crippen MR) is 83.2 cm³/mol. The van der Waals surface area contributed by atoms with Crippen LogP contribution in [0.5, 0.6) is 0 Å². The molecule has 2 unspecified atom stereocenters. The summed E-state index contributed by atoms with van der Waals surface area (Å²) in [4.78, 5) is 17.1. The fourth-order valence-corrected chi connectivity index (χ4v) is 5.30. The number of Topliss-reactive ketones (excluding diaryl/α,β-unsaturated/α-hetero) is 1. The van der Waals surface area contributed by atoms with E-state index in [1.807, 2.05) is 30.3 Å². The maximum absolute atomic E-state index is 12.7. The van der Waals surface area contributed by atoms with Crippen LogP contribution in [-0.4, -0.2) is 21.3 Å². The molecule has 2 aliphatic rings. The Morgan fingerprint density at radius 1 is 1.15 bits per heavy atom. The summed E-state index contributed by atoms with van der Waals surface area (Å²) in [6, 6.07) is 9.91. The van der Waals surface area contributed by atoms with Gasteiger partial charge in [-0.05, 0) is 37.8 Å². The number of carbonyl (C=O) groups excluding carboxylic acids is 1. The lowest BCUT2D eigenvalue weighted by Gasteiger charge is -2.26. The minimum absolute atomic E-state index is 0.231. The number of rotatable bonds is 2. The molecule has 3 heteroatoms. The fourth-order valence-electron chi connectivity index (χ4n) is 3.53. The van der Waals surface area contributed by atoms with Gasteiger partial charge in [-0.3, -0.25) is 9.78 Å². The highest BCUT2D eigenvalue weighted by molar-refractivity contribution is 8.00. The van der Waals surface area contributed by atoms with Gasteiger partial charge in [0.2, 0.25) is 0 Å². The van der Waals surface area contributed by atoms with Gasteiger partial charge >= 0.3 is 0 Å². The quantitative estimate of drug-likeness (QED) is 0.777. The van der Waals surface area contributed by atoms with Gasteiger partial charge in [0, 0.05) is 33.6 Å². The lowest BCUT2D eigenvalue weighted by Crippen LogP contribution is -2.24. The number of carbonyl (C=O) groups is 1. The third kappa shape index (κ3) is 2.14. The van der Waals surface area contributed by atoms with E-state index < -0.39 is 0 Å². The van der Waals surface area contributed by atoms with Crippen LogP contribution >= 0.6 is 11.8 Å². The third-order valence-electron chi connectivity index (χ3n) is 4.55. The number of hydrogen-bond donors (Lipinski definition) is 0. The number of pyridine rings is 1. The molecule has 0 radical (unpaired) electrons. The maximum Gasteiger partial charge on any atom is 0.166 e. The summed E-state index contributed by atoms with van der Waals surface area (Å²) < 4.78 is 0. The van der Waals surface area contributed by atoms with Gasteiger partial charge in [-0.1, -0.05) is 18.2 Å². The van der Waals surface area contributed by atoms with Crippen molar-refractivity contribution in [2.24, 2.45) is 5.92 Å². The van der Waals surface area contributed by atoms with E-state index in [0.29, 0.717) is 5.78 Å². The summed E-state index contributed by atoms with van der Waals surface area (Å²) >= 11 is 2.11. The molecule has 2 aliphatic heterocycles. The number of aromatic nitrogens is 1. The molecule has 102 valence electrons. The zero-order valence-corrected chi connectivity index (χ0v) is 12.1. The van der Waals surface area contributed by atoms with E-state index in [2.05, 4.69) is 16.7 Å². The van der Waals surface area contributed by atoms with Gasteiger partial charge < -0.3 is 0 Å². The standard InChI is InChI=1S/C17H17NOS/c19-17(13-8-14-5-6-15(9-13)20-14)12-4-3-11-2-1-7-18-16(11)10-12/h1-4,7,10,13-15H,5-6,8-9H2. The molecular formula is C17H17NOS. The van der Waals surface area contributed by atoms with Crippen LogP contribution in [0.25, 0.3) is 10.9 Å². The second kappa shape index (κ2) is 4.88. The van der Waals surface area contributed by atoms with Gasteiger partial charge in [0.15, 0.2) is 5.78 Å². The monoisotopic (exact) mass is 283 g/mol. The molecule has 0 N–H and O–H groups in total. The Kier molecular flexibility index (Phi) is 3.03. The Balaban J connectivity index is 1.63. The molecule has 2 nitrogen and oxygen atoms in total. The molecule has 0 amide bonds. The molecule has 2 atom stereocenters. The lowest BCUT2D eigenvalue weighted by atomic mass is 9.90. The van der Waals surface area contributed by atoms with Crippen LogP contribution in [0.2, 0.25) is 0 Å². The van der Waals surface area contributed by atoms with E-state index in [0.717, 1.165) is 39.8 Å². The minimum Gasteiger partial charge on any atom is -0.294 e. The molecule has 0 saturated carbocycles. The van der Waals surface area contributed by atoms with Gasteiger partial charge in [0.1, 0.15) is 0 Å². The molecule has 3 heterocycles. The van der Waals surface area contributed by atoms with Crippen molar-refractivity contribution in [3.63, 3.8) is 0 Å². The predicted octanol–water partition coefficient (Wildman–Crippen LogP) is 4.09. The molecule has 2 bridgehead atoms. The average molecular weight is 283 g/mol. The van der Waals surface area contributed by atoms with Crippen molar-refractivity contribution < 1.29 is 4.79 Å². The molecule has 0 spiro atoms. The van der Waals surface area contributed by atoms with Crippen molar-refractivity contribution in [2.75, 3.05) is 0 Å². The molecule has 4 rings (SSSR count). The molecule has 0 aliphatic carbocycles. The summed E-state index contributed by atoms with van der Waals surface area (Å²) in [6.07, 6.45) is 6.53.